The van der Waals surface area contributed by atoms with Crippen LogP contribution < -0.4 is 0 Å². The third-order valence-corrected chi connectivity index (χ3v) is 3.11. The van der Waals surface area contributed by atoms with Crippen molar-refractivity contribution in [1.82, 2.24) is 0 Å². The minimum Gasteiger partial charge on any atom is -0.294 e. The average molecular weight is 206 g/mol. The summed E-state index contributed by atoms with van der Waals surface area (Å²) < 4.78 is 13.4. The number of benzene rings is 1. The zero-order valence-corrected chi connectivity index (χ0v) is 9.14. The number of aryl methyl sites for hydroxylation is 1. The number of ketones is 1. The monoisotopic (exact) mass is 206 g/mol. The van der Waals surface area contributed by atoms with Crippen LogP contribution in [0.3, 0.4) is 0 Å². The topological polar surface area (TPSA) is 17.1 Å². The molecular weight excluding hydrogens is 191 g/mol. The highest BCUT2D eigenvalue weighted by Gasteiger charge is 2.39. The van der Waals surface area contributed by atoms with Gasteiger partial charge in [-0.05, 0) is 37.3 Å². The Balaban J connectivity index is 2.21. The lowest BCUT2D eigenvalue weighted by atomic mass is 9.96. The molecule has 1 nitrogen and oxygen atoms in total. The molecular formula is C13H15FO. The molecule has 80 valence electrons. The lowest BCUT2D eigenvalue weighted by Gasteiger charge is -2.08. The predicted octanol–water partition coefficient (Wildman–Crippen LogP) is 3.51. The molecule has 0 unspecified atom stereocenters. The summed E-state index contributed by atoms with van der Waals surface area (Å²) in [7, 11) is 0. The second kappa shape index (κ2) is 3.44. The van der Waals surface area contributed by atoms with Crippen LogP contribution in [0.2, 0.25) is 0 Å². The molecule has 1 saturated carbocycles. The summed E-state index contributed by atoms with van der Waals surface area (Å²) in [5.74, 6) is -0.453. The van der Waals surface area contributed by atoms with E-state index in [4.69, 9.17) is 0 Å². The Morgan fingerprint density at radius 2 is 2.13 bits per heavy atom. The number of carbonyl (C=O) groups excluding carboxylic acids is 1. The summed E-state index contributed by atoms with van der Waals surface area (Å²) >= 11 is 0. The highest BCUT2D eigenvalue weighted by atomic mass is 19.1. The molecule has 0 amide bonds. The van der Waals surface area contributed by atoms with E-state index in [1.54, 1.807) is 12.1 Å². The summed E-state index contributed by atoms with van der Waals surface area (Å²) in [5, 5.41) is 0. The highest BCUT2D eigenvalue weighted by Crippen LogP contribution is 2.48. The van der Waals surface area contributed by atoms with Crippen molar-refractivity contribution in [2.75, 3.05) is 0 Å². The average Bonchev–Trinajstić information content (AvgIpc) is 2.87. The van der Waals surface area contributed by atoms with Gasteiger partial charge in [-0.3, -0.25) is 4.79 Å². The normalized spacial score (nSPS) is 17.5. The third kappa shape index (κ3) is 2.25. The quantitative estimate of drug-likeness (QED) is 0.692. The van der Waals surface area contributed by atoms with E-state index in [1.165, 1.54) is 6.07 Å². The fourth-order valence-corrected chi connectivity index (χ4v) is 1.73. The zero-order chi connectivity index (χ0) is 11.1. The Hall–Kier alpha value is -1.18. The molecule has 0 bridgehead atoms. The number of hydrogen-bond acceptors (Lipinski definition) is 1. The van der Waals surface area contributed by atoms with E-state index in [2.05, 4.69) is 6.92 Å². The van der Waals surface area contributed by atoms with Crippen LogP contribution in [0.25, 0.3) is 0 Å². The first kappa shape index (κ1) is 10.3. The molecule has 0 saturated heterocycles. The smallest absolute Gasteiger partial charge is 0.166 e. The van der Waals surface area contributed by atoms with Crippen molar-refractivity contribution in [3.8, 4) is 0 Å². The lowest BCUT2D eigenvalue weighted by Crippen LogP contribution is -2.08. The molecule has 0 spiro atoms. The van der Waals surface area contributed by atoms with Gasteiger partial charge in [-0.2, -0.15) is 0 Å². The first-order valence-electron chi connectivity index (χ1n) is 5.30. The van der Waals surface area contributed by atoms with Crippen molar-refractivity contribution in [2.45, 2.75) is 33.1 Å². The van der Waals surface area contributed by atoms with Crippen molar-refractivity contribution in [3.05, 3.63) is 35.1 Å². The van der Waals surface area contributed by atoms with E-state index in [0.717, 1.165) is 18.4 Å². The largest absolute Gasteiger partial charge is 0.294 e. The molecule has 0 atom stereocenters. The van der Waals surface area contributed by atoms with E-state index >= 15 is 0 Å². The van der Waals surface area contributed by atoms with E-state index in [-0.39, 0.29) is 16.8 Å². The second-order valence-electron chi connectivity index (χ2n) is 4.89. The first-order valence-corrected chi connectivity index (χ1v) is 5.30. The van der Waals surface area contributed by atoms with Crippen molar-refractivity contribution in [3.63, 3.8) is 0 Å². The standard InChI is InChI=1S/C13H15FO/c1-9-3-4-11(14)10(7-9)12(15)8-13(2)5-6-13/h3-4,7H,5-6,8H2,1-2H3. The maximum atomic E-state index is 13.4. The Morgan fingerprint density at radius 1 is 1.47 bits per heavy atom. The van der Waals surface area contributed by atoms with Gasteiger partial charge in [-0.1, -0.05) is 18.6 Å². The number of Topliss-reactive ketones (excluding diaryl/α,β-unsaturated/α-hetero) is 1. The number of carbonyl (C=O) groups is 1. The van der Waals surface area contributed by atoms with Crippen LogP contribution in [-0.2, 0) is 0 Å². The fraction of sp³-hybridized carbons (Fsp3) is 0.462. The molecule has 0 radical (unpaired) electrons. The maximum absolute atomic E-state index is 13.4. The van der Waals surface area contributed by atoms with Crippen LogP contribution in [0.4, 0.5) is 4.39 Å². The summed E-state index contributed by atoms with van der Waals surface area (Å²) in [5.41, 5.74) is 1.33. The molecule has 0 N–H and O–H groups in total. The zero-order valence-electron chi connectivity index (χ0n) is 9.14. The number of halogens is 1. The Kier molecular flexibility index (Phi) is 2.37. The number of hydrogen-bond donors (Lipinski definition) is 0. The van der Waals surface area contributed by atoms with E-state index in [9.17, 15) is 9.18 Å². The number of rotatable bonds is 3. The van der Waals surface area contributed by atoms with Crippen LogP contribution in [0.5, 0.6) is 0 Å². The van der Waals surface area contributed by atoms with Crippen molar-refractivity contribution in [2.24, 2.45) is 5.41 Å². The van der Waals surface area contributed by atoms with E-state index in [0.29, 0.717) is 6.42 Å². The third-order valence-electron chi connectivity index (χ3n) is 3.11. The van der Waals surface area contributed by atoms with Crippen LogP contribution >= 0.6 is 0 Å². The van der Waals surface area contributed by atoms with Gasteiger partial charge in [0.05, 0.1) is 5.56 Å². The van der Waals surface area contributed by atoms with Crippen LogP contribution in [-0.4, -0.2) is 5.78 Å². The predicted molar refractivity (Wildman–Crippen MR) is 57.4 cm³/mol. The van der Waals surface area contributed by atoms with E-state index in [1.807, 2.05) is 6.92 Å². The Labute approximate surface area is 89.3 Å². The molecule has 1 aliphatic carbocycles. The molecule has 15 heavy (non-hydrogen) atoms. The first-order chi connectivity index (χ1) is 7.00. The molecule has 1 aliphatic rings. The summed E-state index contributed by atoms with van der Waals surface area (Å²) in [6.45, 7) is 3.95. The molecule has 1 aromatic rings. The SMILES string of the molecule is Cc1ccc(F)c(C(=O)CC2(C)CC2)c1. The summed E-state index contributed by atoms with van der Waals surface area (Å²) in [6, 6.07) is 4.70. The van der Waals surface area contributed by atoms with E-state index < -0.39 is 5.82 Å². The van der Waals surface area contributed by atoms with Gasteiger partial charge in [0.1, 0.15) is 5.82 Å². The molecule has 0 heterocycles. The van der Waals surface area contributed by atoms with Crippen molar-refractivity contribution >= 4 is 5.78 Å². The molecule has 1 fully saturated rings. The summed E-state index contributed by atoms with van der Waals surface area (Å²) in [4.78, 5) is 11.8. The minimum absolute atomic E-state index is 0.0591. The second-order valence-corrected chi connectivity index (χ2v) is 4.89. The highest BCUT2D eigenvalue weighted by molar-refractivity contribution is 5.97. The maximum Gasteiger partial charge on any atom is 0.166 e. The van der Waals surface area contributed by atoms with Crippen LogP contribution in [0.1, 0.15) is 42.1 Å². The molecule has 2 heteroatoms. The van der Waals surface area contributed by atoms with Gasteiger partial charge in [0.15, 0.2) is 5.78 Å². The molecule has 0 aromatic heterocycles. The molecule has 1 aromatic carbocycles. The fourth-order valence-electron chi connectivity index (χ4n) is 1.73. The van der Waals surface area contributed by atoms with Gasteiger partial charge >= 0.3 is 0 Å². The van der Waals surface area contributed by atoms with Crippen LogP contribution in [0, 0.1) is 18.2 Å². The lowest BCUT2D eigenvalue weighted by molar-refractivity contribution is 0.0955. The van der Waals surface area contributed by atoms with Crippen molar-refractivity contribution in [1.29, 1.82) is 0 Å². The molecule has 0 aliphatic heterocycles. The van der Waals surface area contributed by atoms with Gasteiger partial charge < -0.3 is 0 Å². The van der Waals surface area contributed by atoms with Gasteiger partial charge in [0.2, 0.25) is 0 Å². The molecule has 2 rings (SSSR count). The van der Waals surface area contributed by atoms with Gasteiger partial charge in [-0.25, -0.2) is 4.39 Å². The van der Waals surface area contributed by atoms with Crippen LogP contribution in [0.15, 0.2) is 18.2 Å². The minimum atomic E-state index is -0.394. The Bertz CT molecular complexity index is 405. The van der Waals surface area contributed by atoms with Gasteiger partial charge in [-0.15, -0.1) is 0 Å². The van der Waals surface area contributed by atoms with Crippen molar-refractivity contribution < 1.29 is 9.18 Å². The summed E-state index contributed by atoms with van der Waals surface area (Å²) in [6.07, 6.45) is 2.66. The Morgan fingerprint density at radius 3 is 2.73 bits per heavy atom. The van der Waals surface area contributed by atoms with Gasteiger partial charge in [0.25, 0.3) is 0 Å². The van der Waals surface area contributed by atoms with Gasteiger partial charge in [0, 0.05) is 6.42 Å².